The quantitative estimate of drug-likeness (QED) is 0.783. The summed E-state index contributed by atoms with van der Waals surface area (Å²) < 4.78 is 18.7. The van der Waals surface area contributed by atoms with Gasteiger partial charge in [-0.15, -0.1) is 0 Å². The van der Waals surface area contributed by atoms with Crippen LogP contribution in [0, 0.1) is 5.82 Å². The van der Waals surface area contributed by atoms with Crippen molar-refractivity contribution in [3.8, 4) is 5.75 Å². The van der Waals surface area contributed by atoms with Gasteiger partial charge < -0.3 is 15.4 Å². The highest BCUT2D eigenvalue weighted by Crippen LogP contribution is 2.16. The highest BCUT2D eigenvalue weighted by atomic mass is 19.1. The van der Waals surface area contributed by atoms with Crippen LogP contribution < -0.4 is 10.5 Å². The molecule has 0 aliphatic heterocycles. The van der Waals surface area contributed by atoms with Gasteiger partial charge in [-0.05, 0) is 12.5 Å². The Morgan fingerprint density at radius 3 is 2.72 bits per heavy atom. The Balaban J connectivity index is 2.36. The lowest BCUT2D eigenvalue weighted by molar-refractivity contribution is -0.128. The fourth-order valence-corrected chi connectivity index (χ4v) is 1.42. The van der Waals surface area contributed by atoms with E-state index in [1.165, 1.54) is 11.0 Å². The third kappa shape index (κ3) is 4.33. The number of nitrogens with zero attached hydrogens (tertiary/aromatic N) is 1. The number of carbonyl (C=O) groups excluding carboxylic acids is 1. The van der Waals surface area contributed by atoms with Crippen LogP contribution in [-0.2, 0) is 11.3 Å². The molecule has 1 aromatic carbocycles. The first-order valence-electron chi connectivity index (χ1n) is 5.86. The third-order valence-corrected chi connectivity index (χ3v) is 2.55. The summed E-state index contributed by atoms with van der Waals surface area (Å²) in [5.41, 5.74) is 5.82. The average molecular weight is 254 g/mol. The zero-order valence-electron chi connectivity index (χ0n) is 10.8. The molecule has 5 heteroatoms. The molecule has 0 unspecified atom stereocenters. The summed E-state index contributed by atoms with van der Waals surface area (Å²) in [5.74, 6) is 0.157. The zero-order chi connectivity index (χ0) is 13.5. The topological polar surface area (TPSA) is 55.6 Å². The van der Waals surface area contributed by atoms with Gasteiger partial charge in [-0.25, -0.2) is 4.39 Å². The zero-order valence-corrected chi connectivity index (χ0v) is 10.8. The Kier molecular flexibility index (Phi) is 5.58. The Bertz CT molecular complexity index is 408. The number of hydrogen-bond acceptors (Lipinski definition) is 3. The molecule has 0 bridgehead atoms. The standard InChI is InChI=1S/C13H19FN2O2/c1-16(2)13(17)4-3-7-18-11-6-5-10(9-15)12(14)8-11/h5-6,8H,3-4,7,9,15H2,1-2H3. The molecule has 1 amide bonds. The summed E-state index contributed by atoms with van der Waals surface area (Å²) in [6.45, 7) is 0.560. The van der Waals surface area contributed by atoms with Crippen molar-refractivity contribution in [3.63, 3.8) is 0 Å². The summed E-state index contributed by atoms with van der Waals surface area (Å²) >= 11 is 0. The van der Waals surface area contributed by atoms with E-state index < -0.39 is 0 Å². The van der Waals surface area contributed by atoms with Crippen LogP contribution in [0.15, 0.2) is 18.2 Å². The van der Waals surface area contributed by atoms with Crippen LogP contribution in [-0.4, -0.2) is 31.5 Å². The molecule has 18 heavy (non-hydrogen) atoms. The maximum atomic E-state index is 13.4. The van der Waals surface area contributed by atoms with Crippen LogP contribution in [0.3, 0.4) is 0 Å². The minimum atomic E-state index is -0.362. The number of amides is 1. The number of carbonyl (C=O) groups is 1. The molecule has 0 aliphatic carbocycles. The number of benzene rings is 1. The van der Waals surface area contributed by atoms with Crippen molar-refractivity contribution >= 4 is 5.91 Å². The minimum Gasteiger partial charge on any atom is -0.493 e. The molecule has 1 rings (SSSR count). The molecule has 0 saturated heterocycles. The first kappa shape index (κ1) is 14.4. The largest absolute Gasteiger partial charge is 0.493 e. The molecule has 0 aliphatic rings. The number of nitrogens with two attached hydrogens (primary N) is 1. The Labute approximate surface area is 107 Å². The van der Waals surface area contributed by atoms with Crippen molar-refractivity contribution in [2.45, 2.75) is 19.4 Å². The normalized spacial score (nSPS) is 10.2. The fourth-order valence-electron chi connectivity index (χ4n) is 1.42. The predicted molar refractivity (Wildman–Crippen MR) is 67.7 cm³/mol. The highest BCUT2D eigenvalue weighted by molar-refractivity contribution is 5.75. The van der Waals surface area contributed by atoms with Crippen LogP contribution in [0.2, 0.25) is 0 Å². The van der Waals surface area contributed by atoms with Gasteiger partial charge in [0.25, 0.3) is 0 Å². The van der Waals surface area contributed by atoms with E-state index >= 15 is 0 Å². The van der Waals surface area contributed by atoms with Gasteiger partial charge in [-0.3, -0.25) is 4.79 Å². The van der Waals surface area contributed by atoms with Crippen LogP contribution >= 0.6 is 0 Å². The van der Waals surface area contributed by atoms with Gasteiger partial charge in [0.15, 0.2) is 0 Å². The van der Waals surface area contributed by atoms with Gasteiger partial charge in [-0.2, -0.15) is 0 Å². The van der Waals surface area contributed by atoms with Crippen LogP contribution in [0.1, 0.15) is 18.4 Å². The van der Waals surface area contributed by atoms with Crippen molar-refractivity contribution in [1.29, 1.82) is 0 Å². The van der Waals surface area contributed by atoms with Crippen molar-refractivity contribution in [3.05, 3.63) is 29.6 Å². The van der Waals surface area contributed by atoms with E-state index in [-0.39, 0.29) is 18.3 Å². The molecular weight excluding hydrogens is 235 g/mol. The first-order valence-corrected chi connectivity index (χ1v) is 5.86. The molecule has 0 atom stereocenters. The SMILES string of the molecule is CN(C)C(=O)CCCOc1ccc(CN)c(F)c1. The first-order chi connectivity index (χ1) is 8.54. The van der Waals surface area contributed by atoms with E-state index in [1.54, 1.807) is 26.2 Å². The lowest BCUT2D eigenvalue weighted by Gasteiger charge is -2.10. The van der Waals surface area contributed by atoms with E-state index in [4.69, 9.17) is 10.5 Å². The summed E-state index contributed by atoms with van der Waals surface area (Å²) in [6.07, 6.45) is 1.04. The molecular formula is C13H19FN2O2. The number of halogens is 1. The summed E-state index contributed by atoms with van der Waals surface area (Å²) in [5, 5.41) is 0. The molecule has 4 nitrogen and oxygen atoms in total. The van der Waals surface area contributed by atoms with Crippen molar-refractivity contribution in [2.75, 3.05) is 20.7 Å². The smallest absolute Gasteiger partial charge is 0.222 e. The summed E-state index contributed by atoms with van der Waals surface area (Å²) in [6, 6.07) is 4.60. The third-order valence-electron chi connectivity index (χ3n) is 2.55. The molecule has 0 aromatic heterocycles. The molecule has 0 saturated carbocycles. The fraction of sp³-hybridized carbons (Fsp3) is 0.462. The van der Waals surface area contributed by atoms with E-state index in [2.05, 4.69) is 0 Å². The molecule has 0 spiro atoms. The lowest BCUT2D eigenvalue weighted by atomic mass is 10.2. The second kappa shape index (κ2) is 6.96. The molecule has 0 fully saturated rings. The summed E-state index contributed by atoms with van der Waals surface area (Å²) in [7, 11) is 3.42. The molecule has 0 radical (unpaired) electrons. The molecule has 100 valence electrons. The number of rotatable bonds is 6. The maximum Gasteiger partial charge on any atom is 0.222 e. The number of ether oxygens (including phenoxy) is 1. The van der Waals surface area contributed by atoms with Gasteiger partial charge in [0.2, 0.25) is 5.91 Å². The van der Waals surface area contributed by atoms with Gasteiger partial charge >= 0.3 is 0 Å². The average Bonchev–Trinajstić information content (AvgIpc) is 2.34. The van der Waals surface area contributed by atoms with E-state index in [0.717, 1.165) is 0 Å². The van der Waals surface area contributed by atoms with E-state index in [1.807, 2.05) is 0 Å². The maximum absolute atomic E-state index is 13.4. The Hall–Kier alpha value is -1.62. The van der Waals surface area contributed by atoms with Crippen LogP contribution in [0.5, 0.6) is 5.75 Å². The van der Waals surface area contributed by atoms with Gasteiger partial charge in [0, 0.05) is 38.7 Å². The predicted octanol–water partition coefficient (Wildman–Crippen LogP) is 1.53. The van der Waals surface area contributed by atoms with Gasteiger partial charge in [0.1, 0.15) is 11.6 Å². The van der Waals surface area contributed by atoms with Crippen molar-refractivity contribution in [1.82, 2.24) is 4.90 Å². The van der Waals surface area contributed by atoms with Crippen LogP contribution in [0.4, 0.5) is 4.39 Å². The van der Waals surface area contributed by atoms with Gasteiger partial charge in [0.05, 0.1) is 6.61 Å². The van der Waals surface area contributed by atoms with E-state index in [9.17, 15) is 9.18 Å². The number of hydrogen-bond donors (Lipinski definition) is 1. The lowest BCUT2D eigenvalue weighted by Crippen LogP contribution is -2.21. The Morgan fingerprint density at radius 1 is 1.44 bits per heavy atom. The summed E-state index contributed by atoms with van der Waals surface area (Å²) in [4.78, 5) is 12.8. The van der Waals surface area contributed by atoms with Crippen molar-refractivity contribution < 1.29 is 13.9 Å². The second-order valence-electron chi connectivity index (χ2n) is 4.20. The minimum absolute atomic E-state index is 0.0586. The van der Waals surface area contributed by atoms with Crippen molar-refractivity contribution in [2.24, 2.45) is 5.73 Å². The monoisotopic (exact) mass is 254 g/mol. The van der Waals surface area contributed by atoms with E-state index in [0.29, 0.717) is 30.8 Å². The molecule has 1 aromatic rings. The second-order valence-corrected chi connectivity index (χ2v) is 4.20. The van der Waals surface area contributed by atoms with Gasteiger partial charge in [-0.1, -0.05) is 6.07 Å². The molecule has 0 heterocycles. The highest BCUT2D eigenvalue weighted by Gasteiger charge is 2.05. The van der Waals surface area contributed by atoms with Crippen LogP contribution in [0.25, 0.3) is 0 Å². The molecule has 2 N–H and O–H groups in total. The Morgan fingerprint density at radius 2 is 2.17 bits per heavy atom.